The molecule has 7 rings (SSSR count). The number of carbonyl (C=O) groups is 1. The maximum atomic E-state index is 11.7. The van der Waals surface area contributed by atoms with Crippen LogP contribution in [0.25, 0.3) is 33.5 Å². The van der Waals surface area contributed by atoms with Crippen molar-refractivity contribution in [3.05, 3.63) is 107 Å². The molecule has 2 fully saturated rings. The minimum absolute atomic E-state index is 0.0484. The number of hydrogen-bond donors (Lipinski definition) is 1. The molecule has 8 heteroatoms. The van der Waals surface area contributed by atoms with Crippen LogP contribution in [0.4, 0.5) is 0 Å². The maximum Gasteiger partial charge on any atom is 0.335 e. The van der Waals surface area contributed by atoms with Gasteiger partial charge in [-0.15, -0.1) is 0 Å². The fourth-order valence-corrected chi connectivity index (χ4v) is 6.69. The van der Waals surface area contributed by atoms with Gasteiger partial charge in [-0.05, 0) is 110 Å². The average Bonchev–Trinajstić information content (AvgIpc) is 3.78. The van der Waals surface area contributed by atoms with Gasteiger partial charge in [0.05, 0.1) is 16.6 Å². The number of epoxide rings is 1. The van der Waals surface area contributed by atoms with Crippen molar-refractivity contribution in [1.82, 2.24) is 14.5 Å². The highest BCUT2D eigenvalue weighted by molar-refractivity contribution is 6.30. The van der Waals surface area contributed by atoms with Crippen molar-refractivity contribution in [1.29, 1.82) is 0 Å². The SMILES string of the molecule is CN(C)[C@H]1OC1c1ccc(-c2ccc(Cl)cc2)c(COc2ccc(-c3nc4cc(C(=O)O)ccc4n3C3CCCCC3)cc2)c1. The molecule has 1 aromatic heterocycles. The van der Waals surface area contributed by atoms with Gasteiger partial charge in [0.15, 0.2) is 0 Å². The summed E-state index contributed by atoms with van der Waals surface area (Å²) in [6, 6.07) is 28.0. The van der Waals surface area contributed by atoms with Crippen molar-refractivity contribution in [3.63, 3.8) is 0 Å². The lowest BCUT2D eigenvalue weighted by molar-refractivity contribution is 0.0697. The Hall–Kier alpha value is -4.17. The number of halogens is 1. The van der Waals surface area contributed by atoms with E-state index in [0.29, 0.717) is 23.2 Å². The predicted molar refractivity (Wildman–Crippen MR) is 177 cm³/mol. The number of likely N-dealkylation sites (N-methyl/N-ethyl adjacent to an activating group) is 1. The summed E-state index contributed by atoms with van der Waals surface area (Å²) in [5, 5.41) is 10.3. The second kappa shape index (κ2) is 12.3. The molecule has 45 heavy (non-hydrogen) atoms. The first kappa shape index (κ1) is 29.5. The Balaban J connectivity index is 1.17. The first-order valence-electron chi connectivity index (χ1n) is 15.5. The van der Waals surface area contributed by atoms with Gasteiger partial charge in [-0.25, -0.2) is 9.78 Å². The molecule has 0 spiro atoms. The summed E-state index contributed by atoms with van der Waals surface area (Å²) in [5.41, 5.74) is 7.29. The minimum atomic E-state index is -0.945. The number of aromatic nitrogens is 2. The van der Waals surface area contributed by atoms with Gasteiger partial charge in [0.25, 0.3) is 0 Å². The van der Waals surface area contributed by atoms with E-state index in [2.05, 4.69) is 27.7 Å². The van der Waals surface area contributed by atoms with E-state index in [1.165, 1.54) is 19.3 Å². The molecular formula is C37H36ClN3O4. The van der Waals surface area contributed by atoms with Crippen LogP contribution in [0.5, 0.6) is 5.75 Å². The van der Waals surface area contributed by atoms with Crippen molar-refractivity contribution in [2.24, 2.45) is 0 Å². The normalized spacial score (nSPS) is 18.4. The molecule has 0 amide bonds. The molecule has 2 heterocycles. The number of nitrogens with zero attached hydrogens (tertiary/aromatic N) is 3. The monoisotopic (exact) mass is 621 g/mol. The van der Waals surface area contributed by atoms with E-state index in [1.54, 1.807) is 12.1 Å². The van der Waals surface area contributed by atoms with Crippen LogP contribution < -0.4 is 4.74 Å². The van der Waals surface area contributed by atoms with Crippen LogP contribution in [0.2, 0.25) is 5.02 Å². The van der Waals surface area contributed by atoms with Crippen LogP contribution >= 0.6 is 11.6 Å². The van der Waals surface area contributed by atoms with Crippen molar-refractivity contribution >= 4 is 28.6 Å². The molecule has 5 aromatic rings. The zero-order valence-corrected chi connectivity index (χ0v) is 26.2. The molecule has 1 aliphatic heterocycles. The Morgan fingerprint density at radius 3 is 2.38 bits per heavy atom. The van der Waals surface area contributed by atoms with Crippen molar-refractivity contribution in [2.45, 2.75) is 57.1 Å². The van der Waals surface area contributed by atoms with Crippen LogP contribution in [-0.4, -0.2) is 45.9 Å². The van der Waals surface area contributed by atoms with Crippen LogP contribution in [0.3, 0.4) is 0 Å². The molecule has 0 bridgehead atoms. The molecule has 4 aromatic carbocycles. The topological polar surface area (TPSA) is 80.1 Å². The third-order valence-electron chi connectivity index (χ3n) is 8.97. The summed E-state index contributed by atoms with van der Waals surface area (Å²) >= 11 is 6.18. The van der Waals surface area contributed by atoms with E-state index in [-0.39, 0.29) is 17.9 Å². The van der Waals surface area contributed by atoms with Gasteiger partial charge in [-0.3, -0.25) is 4.90 Å². The van der Waals surface area contributed by atoms with Gasteiger partial charge in [0.1, 0.15) is 30.5 Å². The Labute approximate surface area is 268 Å². The maximum absolute atomic E-state index is 11.7. The Morgan fingerprint density at radius 1 is 0.956 bits per heavy atom. The Morgan fingerprint density at radius 2 is 1.69 bits per heavy atom. The lowest BCUT2D eigenvalue weighted by atomic mass is 9.95. The molecule has 1 unspecified atom stereocenters. The average molecular weight is 622 g/mol. The zero-order valence-electron chi connectivity index (χ0n) is 25.4. The zero-order chi connectivity index (χ0) is 31.1. The second-order valence-corrected chi connectivity index (χ2v) is 12.7. The molecule has 7 nitrogen and oxygen atoms in total. The highest BCUT2D eigenvalue weighted by Gasteiger charge is 2.42. The Bertz CT molecular complexity index is 1840. The van der Waals surface area contributed by atoms with Gasteiger partial charge < -0.3 is 19.1 Å². The van der Waals surface area contributed by atoms with E-state index >= 15 is 0 Å². The minimum Gasteiger partial charge on any atom is -0.489 e. The number of imidazole rings is 1. The molecular weight excluding hydrogens is 586 g/mol. The summed E-state index contributed by atoms with van der Waals surface area (Å²) in [7, 11) is 4.05. The number of aromatic carboxylic acids is 1. The highest BCUT2D eigenvalue weighted by Crippen LogP contribution is 2.42. The number of benzene rings is 4. The van der Waals surface area contributed by atoms with E-state index in [1.807, 2.05) is 68.7 Å². The molecule has 230 valence electrons. The summed E-state index contributed by atoms with van der Waals surface area (Å²) in [6.07, 6.45) is 5.94. The third-order valence-corrected chi connectivity index (χ3v) is 9.23. The smallest absolute Gasteiger partial charge is 0.335 e. The standard InChI is InChI=1S/C37H36ClN3O4/c1-40(2)36-34(45-36)25-12-18-31(23-8-14-28(38)15-9-23)27(20-25)22-44-30-16-10-24(11-17-30)35-39-32-21-26(37(42)43)13-19-33(32)41(35)29-6-4-3-5-7-29/h8-21,29,34,36H,3-7,22H2,1-2H3,(H,42,43)/t34?,36-/m0/s1. The van der Waals surface area contributed by atoms with Crippen molar-refractivity contribution in [3.8, 4) is 28.3 Å². The van der Waals surface area contributed by atoms with Crippen LogP contribution in [0, 0.1) is 0 Å². The summed E-state index contributed by atoms with van der Waals surface area (Å²) in [6.45, 7) is 0.392. The molecule has 2 atom stereocenters. The number of fused-ring (bicyclic) bond motifs is 1. The molecule has 1 saturated heterocycles. The fourth-order valence-electron chi connectivity index (χ4n) is 6.57. The number of carboxylic acid groups (broad SMARTS) is 1. The van der Waals surface area contributed by atoms with Crippen LogP contribution in [-0.2, 0) is 11.3 Å². The van der Waals surface area contributed by atoms with E-state index in [4.69, 9.17) is 26.1 Å². The number of hydrogen-bond acceptors (Lipinski definition) is 5. The molecule has 0 radical (unpaired) electrons. The van der Waals surface area contributed by atoms with E-state index in [9.17, 15) is 9.90 Å². The molecule has 1 saturated carbocycles. The molecule has 1 N–H and O–H groups in total. The summed E-state index contributed by atoms with van der Waals surface area (Å²) in [5.74, 6) is 0.677. The molecule has 2 aliphatic rings. The lowest BCUT2D eigenvalue weighted by Gasteiger charge is -2.25. The van der Waals surface area contributed by atoms with E-state index < -0.39 is 5.97 Å². The van der Waals surface area contributed by atoms with Crippen LogP contribution in [0.15, 0.2) is 84.9 Å². The van der Waals surface area contributed by atoms with Crippen molar-refractivity contribution in [2.75, 3.05) is 14.1 Å². The quantitative estimate of drug-likeness (QED) is 0.166. The van der Waals surface area contributed by atoms with Crippen molar-refractivity contribution < 1.29 is 19.4 Å². The highest BCUT2D eigenvalue weighted by atomic mass is 35.5. The van der Waals surface area contributed by atoms with Gasteiger partial charge in [-0.1, -0.05) is 55.1 Å². The van der Waals surface area contributed by atoms with E-state index in [0.717, 1.165) is 57.7 Å². The lowest BCUT2D eigenvalue weighted by Crippen LogP contribution is -2.15. The summed E-state index contributed by atoms with van der Waals surface area (Å²) in [4.78, 5) is 18.7. The number of rotatable bonds is 9. The Kier molecular flexibility index (Phi) is 8.08. The third kappa shape index (κ3) is 6.08. The molecule has 1 aliphatic carbocycles. The number of carboxylic acids is 1. The van der Waals surface area contributed by atoms with Gasteiger partial charge in [0.2, 0.25) is 0 Å². The first-order valence-corrected chi connectivity index (χ1v) is 15.9. The van der Waals surface area contributed by atoms with Gasteiger partial charge in [-0.2, -0.15) is 0 Å². The van der Waals surface area contributed by atoms with Gasteiger partial charge in [0, 0.05) is 16.6 Å². The van der Waals surface area contributed by atoms with Gasteiger partial charge >= 0.3 is 5.97 Å². The first-order chi connectivity index (χ1) is 21.9. The second-order valence-electron chi connectivity index (χ2n) is 12.3. The van der Waals surface area contributed by atoms with Crippen LogP contribution in [0.1, 0.15) is 65.7 Å². The number of ether oxygens (including phenoxy) is 2. The predicted octanol–water partition coefficient (Wildman–Crippen LogP) is 8.77. The summed E-state index contributed by atoms with van der Waals surface area (Å²) < 4.78 is 14.6. The fraction of sp³-hybridized carbons (Fsp3) is 0.297. The largest absolute Gasteiger partial charge is 0.489 e.